The number of nitro groups is 1. The largest absolute Gasteiger partial charge is 0.417 e. The van der Waals surface area contributed by atoms with Crippen LogP contribution in [0.3, 0.4) is 0 Å². The van der Waals surface area contributed by atoms with Crippen LogP contribution in [0.4, 0.5) is 18.9 Å². The van der Waals surface area contributed by atoms with Crippen molar-refractivity contribution in [3.05, 3.63) is 75.3 Å². The number of hydrogen-bond acceptors (Lipinski definition) is 5. The molecule has 2 aromatic carbocycles. The lowest BCUT2D eigenvalue weighted by molar-refractivity contribution is -0.384. The van der Waals surface area contributed by atoms with E-state index in [9.17, 15) is 32.9 Å². The zero-order valence-electron chi connectivity index (χ0n) is 16.5. The minimum absolute atomic E-state index is 0.0931. The first-order chi connectivity index (χ1) is 14.7. The van der Waals surface area contributed by atoms with E-state index in [4.69, 9.17) is 0 Å². The molecule has 7 nitrogen and oxygen atoms in total. The van der Waals surface area contributed by atoms with Crippen molar-refractivity contribution in [3.63, 3.8) is 0 Å². The van der Waals surface area contributed by atoms with Crippen molar-refractivity contribution in [1.29, 1.82) is 0 Å². The minimum atomic E-state index is -4.60. The third-order valence-corrected chi connectivity index (χ3v) is 5.18. The van der Waals surface area contributed by atoms with Crippen LogP contribution < -0.4 is 0 Å². The molecule has 164 valence electrons. The number of nitrogens with zero attached hydrogens (tertiary/aromatic N) is 3. The number of carbonyl (C=O) groups is 2. The summed E-state index contributed by atoms with van der Waals surface area (Å²) < 4.78 is 39.5. The van der Waals surface area contributed by atoms with Crippen molar-refractivity contribution in [2.24, 2.45) is 0 Å². The summed E-state index contributed by atoms with van der Waals surface area (Å²) in [6.07, 6.45) is -4.41. The highest BCUT2D eigenvalue weighted by Crippen LogP contribution is 2.32. The van der Waals surface area contributed by atoms with E-state index in [1.54, 1.807) is 0 Å². The third kappa shape index (κ3) is 5.46. The Morgan fingerprint density at radius 2 is 1.58 bits per heavy atom. The van der Waals surface area contributed by atoms with E-state index in [0.29, 0.717) is 25.2 Å². The molecular weight excluding hydrogens is 415 g/mol. The van der Waals surface area contributed by atoms with Gasteiger partial charge in [-0.2, -0.15) is 13.2 Å². The van der Waals surface area contributed by atoms with Crippen LogP contribution >= 0.6 is 0 Å². The number of non-ortho nitro benzene ring substituents is 1. The monoisotopic (exact) mass is 435 g/mol. The number of hydrogen-bond donors (Lipinski definition) is 0. The molecule has 0 N–H and O–H groups in total. The van der Waals surface area contributed by atoms with E-state index in [-0.39, 0.29) is 36.5 Å². The number of alkyl halides is 3. The maximum Gasteiger partial charge on any atom is 0.417 e. The van der Waals surface area contributed by atoms with E-state index in [1.165, 1.54) is 47.4 Å². The summed E-state index contributed by atoms with van der Waals surface area (Å²) >= 11 is 0. The molecule has 1 amide bonds. The number of carbonyl (C=O) groups excluding carboxylic acids is 2. The predicted molar refractivity (Wildman–Crippen MR) is 106 cm³/mol. The zero-order valence-corrected chi connectivity index (χ0v) is 16.5. The van der Waals surface area contributed by atoms with Gasteiger partial charge in [-0.3, -0.25) is 24.6 Å². The van der Waals surface area contributed by atoms with Crippen LogP contribution in [0.5, 0.6) is 0 Å². The third-order valence-electron chi connectivity index (χ3n) is 5.18. The van der Waals surface area contributed by atoms with Crippen LogP contribution in [0.2, 0.25) is 0 Å². The summed E-state index contributed by atoms with van der Waals surface area (Å²) in [5, 5.41) is 10.7. The van der Waals surface area contributed by atoms with Crippen LogP contribution in [-0.2, 0) is 6.18 Å². The Morgan fingerprint density at radius 1 is 0.968 bits per heavy atom. The number of amides is 1. The molecule has 1 heterocycles. The van der Waals surface area contributed by atoms with Gasteiger partial charge in [0.1, 0.15) is 0 Å². The van der Waals surface area contributed by atoms with Crippen LogP contribution in [0.25, 0.3) is 0 Å². The van der Waals surface area contributed by atoms with Crippen molar-refractivity contribution >= 4 is 17.4 Å². The molecule has 2 aromatic rings. The molecule has 1 saturated heterocycles. The average molecular weight is 435 g/mol. The maximum absolute atomic E-state index is 13.2. The lowest BCUT2D eigenvalue weighted by atomic mass is 10.1. The number of Topliss-reactive ketones (excluding diaryl/α,β-unsaturated/α-hetero) is 1. The molecule has 0 aliphatic carbocycles. The van der Waals surface area contributed by atoms with Gasteiger partial charge in [0.25, 0.3) is 11.6 Å². The minimum Gasteiger partial charge on any atom is -0.336 e. The summed E-state index contributed by atoms with van der Waals surface area (Å²) in [5.74, 6) is -0.818. The van der Waals surface area contributed by atoms with E-state index in [2.05, 4.69) is 0 Å². The number of halogens is 3. The second-order valence-electron chi connectivity index (χ2n) is 7.15. The van der Waals surface area contributed by atoms with Crippen molar-refractivity contribution in [2.75, 3.05) is 32.7 Å². The highest BCUT2D eigenvalue weighted by molar-refractivity contribution is 5.96. The van der Waals surface area contributed by atoms with Gasteiger partial charge >= 0.3 is 6.18 Å². The van der Waals surface area contributed by atoms with E-state index < -0.39 is 22.6 Å². The van der Waals surface area contributed by atoms with Crippen LogP contribution in [0.15, 0.2) is 48.5 Å². The van der Waals surface area contributed by atoms with Gasteiger partial charge < -0.3 is 4.90 Å². The van der Waals surface area contributed by atoms with Gasteiger partial charge in [0, 0.05) is 56.8 Å². The first kappa shape index (κ1) is 22.4. The molecule has 31 heavy (non-hydrogen) atoms. The zero-order chi connectivity index (χ0) is 22.6. The smallest absolute Gasteiger partial charge is 0.336 e. The molecular formula is C21H20F3N3O4. The fourth-order valence-corrected chi connectivity index (χ4v) is 3.43. The molecule has 3 rings (SSSR count). The van der Waals surface area contributed by atoms with Gasteiger partial charge in [-0.05, 0) is 24.3 Å². The SMILES string of the molecule is O=C(CCN1CCN(C(=O)c2ccccc2C(F)(F)F)CC1)c1ccc([N+](=O)[O-])cc1. The molecule has 1 aliphatic rings. The Labute approximate surface area is 176 Å². The lowest BCUT2D eigenvalue weighted by Gasteiger charge is -2.35. The van der Waals surface area contributed by atoms with E-state index in [0.717, 1.165) is 6.07 Å². The van der Waals surface area contributed by atoms with Gasteiger partial charge in [0.05, 0.1) is 16.1 Å². The average Bonchev–Trinajstić information content (AvgIpc) is 2.77. The Kier molecular flexibility index (Phi) is 6.69. The van der Waals surface area contributed by atoms with Gasteiger partial charge in [-0.15, -0.1) is 0 Å². The summed E-state index contributed by atoms with van der Waals surface area (Å²) in [7, 11) is 0. The van der Waals surface area contributed by atoms with Crippen molar-refractivity contribution in [1.82, 2.24) is 9.80 Å². The number of rotatable bonds is 6. The van der Waals surface area contributed by atoms with Gasteiger partial charge in [0.2, 0.25) is 0 Å². The van der Waals surface area contributed by atoms with Crippen LogP contribution in [-0.4, -0.2) is 59.1 Å². The molecule has 1 fully saturated rings. The number of piperazine rings is 1. The fraction of sp³-hybridized carbons (Fsp3) is 0.333. The molecule has 0 spiro atoms. The lowest BCUT2D eigenvalue weighted by Crippen LogP contribution is -2.49. The molecule has 0 saturated carbocycles. The quantitative estimate of drug-likeness (QED) is 0.393. The van der Waals surface area contributed by atoms with E-state index >= 15 is 0 Å². The highest BCUT2D eigenvalue weighted by Gasteiger charge is 2.36. The second-order valence-corrected chi connectivity index (χ2v) is 7.15. The Morgan fingerprint density at radius 3 is 2.16 bits per heavy atom. The Balaban J connectivity index is 1.53. The standard InChI is InChI=1S/C21H20F3N3O4/c22-21(23,24)18-4-2-1-3-17(18)20(29)26-13-11-25(12-14-26)10-9-19(28)15-5-7-16(8-6-15)27(30)31/h1-8H,9-14H2. The van der Waals surface area contributed by atoms with Crippen molar-refractivity contribution < 1.29 is 27.7 Å². The summed E-state index contributed by atoms with van der Waals surface area (Å²) in [5.41, 5.74) is -1.03. The van der Waals surface area contributed by atoms with Gasteiger partial charge in [-0.25, -0.2) is 0 Å². The number of benzene rings is 2. The molecule has 0 aromatic heterocycles. The molecule has 0 unspecified atom stereocenters. The first-order valence-electron chi connectivity index (χ1n) is 9.62. The van der Waals surface area contributed by atoms with Gasteiger partial charge in [0.15, 0.2) is 5.78 Å². The molecule has 1 aliphatic heterocycles. The highest BCUT2D eigenvalue weighted by atomic mass is 19.4. The predicted octanol–water partition coefficient (Wildman–Crippen LogP) is 3.64. The molecule has 10 heteroatoms. The number of nitro benzene ring substituents is 1. The second kappa shape index (κ2) is 9.25. The Bertz CT molecular complexity index is 969. The molecule has 0 radical (unpaired) electrons. The van der Waals surface area contributed by atoms with Crippen molar-refractivity contribution in [3.8, 4) is 0 Å². The summed E-state index contributed by atoms with van der Waals surface area (Å²) in [6.45, 7) is 1.82. The molecule has 0 atom stereocenters. The number of ketones is 1. The first-order valence-corrected chi connectivity index (χ1v) is 9.62. The normalized spacial score (nSPS) is 15.0. The van der Waals surface area contributed by atoms with Gasteiger partial charge in [-0.1, -0.05) is 12.1 Å². The summed E-state index contributed by atoms with van der Waals surface area (Å²) in [6, 6.07) is 10.1. The van der Waals surface area contributed by atoms with Crippen LogP contribution in [0, 0.1) is 10.1 Å². The van der Waals surface area contributed by atoms with Crippen LogP contribution in [0.1, 0.15) is 32.7 Å². The molecule has 0 bridgehead atoms. The Hall–Kier alpha value is -3.27. The van der Waals surface area contributed by atoms with E-state index in [1.807, 2.05) is 4.90 Å². The fourth-order valence-electron chi connectivity index (χ4n) is 3.43. The topological polar surface area (TPSA) is 83.8 Å². The maximum atomic E-state index is 13.2. The van der Waals surface area contributed by atoms with Crippen molar-refractivity contribution in [2.45, 2.75) is 12.6 Å². The summed E-state index contributed by atoms with van der Waals surface area (Å²) in [4.78, 5) is 38.4.